The van der Waals surface area contributed by atoms with Crippen molar-refractivity contribution in [3.63, 3.8) is 0 Å². The molecule has 5 aromatic rings. The van der Waals surface area contributed by atoms with Gasteiger partial charge in [-0.3, -0.25) is 29.5 Å². The lowest BCUT2D eigenvalue weighted by atomic mass is 9.72. The molecule has 0 saturated carbocycles. The number of aromatic nitrogens is 1. The van der Waals surface area contributed by atoms with Crippen molar-refractivity contribution < 1.29 is 44.4 Å². The SMILES string of the molecule is CC1(C)CCC(c2ccc(Cl)cc2)=C(CN2CCN3c4ccc(C(=O)NS(=O)(=O)c5ccc(N[C@H](CCN6CCC(CN7CCN(c8ccc(NC9CCC(=O)NC9=O)nc8)CC7)CC6)CSc6ccccc6)c(S(=O)(=O)C(F)(F)F)c5)cc4CCC3C2)C1. The largest absolute Gasteiger partial charge is 0.501 e. The highest BCUT2D eigenvalue weighted by molar-refractivity contribution is 7.99. The van der Waals surface area contributed by atoms with Crippen LogP contribution in [0.2, 0.25) is 5.02 Å². The van der Waals surface area contributed by atoms with E-state index in [1.54, 1.807) is 18.3 Å². The van der Waals surface area contributed by atoms with Crippen molar-refractivity contribution in [2.75, 3.05) is 105 Å². The first-order valence-corrected chi connectivity index (χ1v) is 35.2. The summed E-state index contributed by atoms with van der Waals surface area (Å²) < 4.78 is 101. The summed E-state index contributed by atoms with van der Waals surface area (Å²) in [4.78, 5) is 53.0. The Balaban J connectivity index is 0.701. The molecular formula is C65H78ClF3N10O7S3. The Hall–Kier alpha value is -6.21. The highest BCUT2D eigenvalue weighted by Crippen LogP contribution is 2.44. The molecule has 89 heavy (non-hydrogen) atoms. The summed E-state index contributed by atoms with van der Waals surface area (Å²) in [5.74, 6) is -0.206. The minimum absolute atomic E-state index is 0.0485. The molecule has 5 aliphatic heterocycles. The Morgan fingerprint density at radius 3 is 2.29 bits per heavy atom. The van der Waals surface area contributed by atoms with Gasteiger partial charge in [-0.1, -0.05) is 61.4 Å². The molecule has 1 aromatic heterocycles. The number of piperidine rings is 2. The standard InChI is InChI=1S/C65H78ClF3N10O7S3/c1-64(2)26-22-55(45-8-12-49(66)13-9-45)48(38-64)41-77-32-35-79-52(42-77)14-10-46-36-47(11-19-58(46)79)62(81)74-89(85,86)54-16-17-56(59(37-54)88(83,84)65(67,68)69)71-50(43-87-53-6-4-3-5-7-53)25-29-75-27-23-44(24-28-75)40-76-30-33-78(34-31-76)51-15-20-60(70-39-51)72-57-18-21-61(80)73-63(57)82/h3-9,11-13,15-17,19-20,36-37,39,44,50,52,57,71H,10,14,18,21-35,38,40-43H2,1-2H3,(H,70,72)(H,74,81)(H,73,80,82)/t50-,52?,57?/m1/s1. The highest BCUT2D eigenvalue weighted by atomic mass is 35.5. The van der Waals surface area contributed by atoms with Crippen LogP contribution in [0.25, 0.3) is 5.57 Å². The normalized spacial score (nSPS) is 21.2. The third kappa shape index (κ3) is 15.8. The molecular weight excluding hydrogens is 1220 g/mol. The van der Waals surface area contributed by atoms with Crippen LogP contribution < -0.4 is 30.5 Å². The molecule has 3 atom stereocenters. The Bertz CT molecular complexity index is 3640. The quantitative estimate of drug-likeness (QED) is 0.0424. The van der Waals surface area contributed by atoms with E-state index in [9.17, 15) is 44.4 Å². The van der Waals surface area contributed by atoms with Crippen LogP contribution in [0.5, 0.6) is 0 Å². The van der Waals surface area contributed by atoms with Crippen LogP contribution in [0.1, 0.15) is 93.1 Å². The van der Waals surface area contributed by atoms with Crippen molar-refractivity contribution in [3.8, 4) is 0 Å². The molecule has 3 amide bonds. The van der Waals surface area contributed by atoms with Crippen LogP contribution in [0, 0.1) is 11.3 Å². The second-order valence-corrected chi connectivity index (χ2v) is 30.4. The first-order chi connectivity index (χ1) is 42.5. The van der Waals surface area contributed by atoms with E-state index < -0.39 is 58.8 Å². The number of amides is 3. The summed E-state index contributed by atoms with van der Waals surface area (Å²) in [6.07, 6.45) is 9.47. The summed E-state index contributed by atoms with van der Waals surface area (Å²) in [5.41, 5.74) is 1.02. The molecule has 11 rings (SSSR count). The van der Waals surface area contributed by atoms with Gasteiger partial charge in [-0.2, -0.15) is 13.2 Å². The van der Waals surface area contributed by atoms with Gasteiger partial charge in [0.2, 0.25) is 11.8 Å². The molecule has 0 radical (unpaired) electrons. The summed E-state index contributed by atoms with van der Waals surface area (Å²) in [7, 11) is -11.0. The molecule has 2 unspecified atom stereocenters. The second-order valence-electron chi connectivity index (χ2n) is 25.3. The first kappa shape index (κ1) is 64.3. The fourth-order valence-corrected chi connectivity index (χ4v) is 16.6. The predicted molar refractivity (Wildman–Crippen MR) is 344 cm³/mol. The number of nitrogens with zero attached hydrogens (tertiary/aromatic N) is 6. The van der Waals surface area contributed by atoms with Crippen LogP contribution >= 0.6 is 23.4 Å². The molecule has 4 fully saturated rings. The number of carbonyl (C=O) groups is 3. The number of halogens is 4. The van der Waals surface area contributed by atoms with Gasteiger partial charge >= 0.3 is 5.51 Å². The predicted octanol–water partition coefficient (Wildman–Crippen LogP) is 9.96. The monoisotopic (exact) mass is 1300 g/mol. The van der Waals surface area contributed by atoms with Crippen LogP contribution in [-0.2, 0) is 35.9 Å². The molecule has 6 aliphatic rings. The zero-order valence-electron chi connectivity index (χ0n) is 50.2. The molecule has 4 saturated heterocycles. The fourth-order valence-electron chi connectivity index (χ4n) is 13.5. The van der Waals surface area contributed by atoms with Crippen molar-refractivity contribution in [1.82, 2.24) is 29.7 Å². The van der Waals surface area contributed by atoms with E-state index in [0.717, 1.165) is 144 Å². The maximum atomic E-state index is 14.6. The lowest BCUT2D eigenvalue weighted by molar-refractivity contribution is -0.133. The number of pyridine rings is 1. The maximum Gasteiger partial charge on any atom is 0.501 e. The molecule has 6 heterocycles. The molecule has 17 nitrogen and oxygen atoms in total. The first-order valence-electron chi connectivity index (χ1n) is 30.8. The summed E-state index contributed by atoms with van der Waals surface area (Å²) in [5, 5.41) is 9.29. The number of rotatable bonds is 20. The second kappa shape index (κ2) is 27.3. The zero-order chi connectivity index (χ0) is 62.7. The number of fused-ring (bicyclic) bond motifs is 3. The Labute approximate surface area is 529 Å². The van der Waals surface area contributed by atoms with Gasteiger partial charge in [-0.05, 0) is 172 Å². The maximum absolute atomic E-state index is 14.6. The topological polar surface area (TPSA) is 197 Å². The minimum atomic E-state index is -6.12. The zero-order valence-corrected chi connectivity index (χ0v) is 53.4. The number of allylic oxidation sites excluding steroid dienone is 1. The van der Waals surface area contributed by atoms with Crippen molar-refractivity contribution in [2.45, 2.75) is 116 Å². The van der Waals surface area contributed by atoms with E-state index in [1.165, 1.54) is 28.5 Å². The third-order valence-electron chi connectivity index (χ3n) is 18.4. The smallest absolute Gasteiger partial charge is 0.380 e. The number of carbonyl (C=O) groups excluding carboxylic acids is 3. The average Bonchev–Trinajstić information content (AvgIpc) is 0.832. The number of alkyl halides is 3. The molecule has 0 spiro atoms. The average molecular weight is 1300 g/mol. The van der Waals surface area contributed by atoms with Gasteiger partial charge in [0.1, 0.15) is 16.8 Å². The number of sulfonamides is 1. The van der Waals surface area contributed by atoms with Gasteiger partial charge in [0.25, 0.3) is 25.8 Å². The fraction of sp³-hybridized carbons (Fsp3) is 0.477. The van der Waals surface area contributed by atoms with E-state index >= 15 is 0 Å². The van der Waals surface area contributed by atoms with Crippen molar-refractivity contribution in [3.05, 3.63) is 137 Å². The van der Waals surface area contributed by atoms with Gasteiger partial charge < -0.3 is 25.3 Å². The molecule has 4 N–H and O–H groups in total. The number of imide groups is 1. The van der Waals surface area contributed by atoms with Gasteiger partial charge in [0, 0.05) is 111 Å². The number of piperazine rings is 2. The number of anilines is 4. The number of hydrogen-bond donors (Lipinski definition) is 4. The molecule has 24 heteroatoms. The van der Waals surface area contributed by atoms with E-state index in [2.05, 4.69) is 71.4 Å². The number of benzene rings is 4. The van der Waals surface area contributed by atoms with Crippen molar-refractivity contribution >= 4 is 89.4 Å². The van der Waals surface area contributed by atoms with E-state index in [4.69, 9.17) is 11.6 Å². The number of aryl methyl sites for hydroxylation is 1. The van der Waals surface area contributed by atoms with Gasteiger partial charge in [0.15, 0.2) is 0 Å². The van der Waals surface area contributed by atoms with Crippen LogP contribution in [0.4, 0.5) is 36.1 Å². The van der Waals surface area contributed by atoms with Crippen LogP contribution in [-0.4, -0.2) is 162 Å². The number of sulfone groups is 1. The number of thioether (sulfide) groups is 1. The molecule has 1 aliphatic carbocycles. The number of nitrogens with one attached hydrogen (secondary N) is 4. The highest BCUT2D eigenvalue weighted by Gasteiger charge is 2.49. The molecule has 0 bridgehead atoms. The number of hydrogen-bond acceptors (Lipinski definition) is 16. The van der Waals surface area contributed by atoms with E-state index in [1.807, 2.05) is 65.4 Å². The Kier molecular flexibility index (Phi) is 19.7. The van der Waals surface area contributed by atoms with Gasteiger partial charge in [-0.15, -0.1) is 11.8 Å². The van der Waals surface area contributed by atoms with Crippen LogP contribution in [0.3, 0.4) is 0 Å². The summed E-state index contributed by atoms with van der Waals surface area (Å²) >= 11 is 7.72. The van der Waals surface area contributed by atoms with E-state index in [0.29, 0.717) is 54.4 Å². The minimum Gasteiger partial charge on any atom is -0.380 e. The van der Waals surface area contributed by atoms with Crippen LogP contribution in [0.15, 0.2) is 130 Å². The lowest BCUT2D eigenvalue weighted by Gasteiger charge is -2.47. The summed E-state index contributed by atoms with van der Waals surface area (Å²) in [6.45, 7) is 14.6. The Morgan fingerprint density at radius 1 is 0.820 bits per heavy atom. The summed E-state index contributed by atoms with van der Waals surface area (Å²) in [6, 6.07) is 28.2. The third-order valence-corrected chi connectivity index (χ3v) is 22.7. The van der Waals surface area contributed by atoms with Gasteiger partial charge in [0.05, 0.1) is 22.5 Å². The lowest BCUT2D eigenvalue weighted by Crippen LogP contribution is -2.55. The van der Waals surface area contributed by atoms with Gasteiger partial charge in [-0.25, -0.2) is 26.5 Å². The van der Waals surface area contributed by atoms with Crippen molar-refractivity contribution in [2.24, 2.45) is 11.3 Å². The van der Waals surface area contributed by atoms with E-state index in [-0.39, 0.29) is 35.3 Å². The number of likely N-dealkylation sites (tertiary alicyclic amines) is 1. The molecule has 476 valence electrons. The molecule has 4 aromatic carbocycles. The Morgan fingerprint density at radius 2 is 1.57 bits per heavy atom. The van der Waals surface area contributed by atoms with Crippen molar-refractivity contribution in [1.29, 1.82) is 0 Å².